The van der Waals surface area contributed by atoms with Gasteiger partial charge in [0, 0.05) is 13.2 Å². The molecule has 0 heterocycles. The summed E-state index contributed by atoms with van der Waals surface area (Å²) in [4.78, 5) is 0. The number of allylic oxidation sites excluding steroid dienone is 1. The summed E-state index contributed by atoms with van der Waals surface area (Å²) in [6.45, 7) is 12.1. The third kappa shape index (κ3) is 3.28. The average Bonchev–Trinajstić information content (AvgIpc) is 2.46. The Morgan fingerprint density at radius 2 is 1.95 bits per heavy atom. The SMILES string of the molecule is C=C1CC[C@@H]2[C@@](C)(CO)CCC[C@@]2(C)[C@@H]1CC[C@@H](C)CCO. The molecule has 0 aromatic heterocycles. The van der Waals surface area contributed by atoms with Crippen molar-refractivity contribution in [3.63, 3.8) is 0 Å². The van der Waals surface area contributed by atoms with E-state index in [4.69, 9.17) is 5.11 Å². The zero-order valence-electron chi connectivity index (χ0n) is 14.9. The summed E-state index contributed by atoms with van der Waals surface area (Å²) in [6.07, 6.45) is 9.32. The minimum absolute atomic E-state index is 0.0999. The number of rotatable bonds is 6. The van der Waals surface area contributed by atoms with E-state index in [1.165, 1.54) is 44.1 Å². The molecule has 22 heavy (non-hydrogen) atoms. The number of fused-ring (bicyclic) bond motifs is 1. The molecule has 0 aliphatic heterocycles. The summed E-state index contributed by atoms with van der Waals surface area (Å²) in [5.41, 5.74) is 1.85. The topological polar surface area (TPSA) is 40.5 Å². The van der Waals surface area contributed by atoms with Gasteiger partial charge in [0.15, 0.2) is 0 Å². The normalized spacial score (nSPS) is 40.3. The van der Waals surface area contributed by atoms with Gasteiger partial charge < -0.3 is 10.2 Å². The lowest BCUT2D eigenvalue weighted by molar-refractivity contribution is -0.0868. The molecular weight excluding hydrogens is 272 g/mol. The second-order valence-corrected chi connectivity index (χ2v) is 8.67. The van der Waals surface area contributed by atoms with Gasteiger partial charge >= 0.3 is 0 Å². The Morgan fingerprint density at radius 3 is 2.59 bits per heavy atom. The number of aliphatic hydroxyl groups excluding tert-OH is 2. The molecule has 2 N–H and O–H groups in total. The molecule has 2 aliphatic carbocycles. The molecule has 2 saturated carbocycles. The van der Waals surface area contributed by atoms with E-state index < -0.39 is 0 Å². The fraction of sp³-hybridized carbons (Fsp3) is 0.900. The van der Waals surface area contributed by atoms with Crippen molar-refractivity contribution in [1.82, 2.24) is 0 Å². The molecule has 0 spiro atoms. The van der Waals surface area contributed by atoms with E-state index in [9.17, 15) is 5.11 Å². The molecular formula is C20H36O2. The van der Waals surface area contributed by atoms with Crippen molar-refractivity contribution in [3.05, 3.63) is 12.2 Å². The van der Waals surface area contributed by atoms with Crippen LogP contribution in [0.15, 0.2) is 12.2 Å². The summed E-state index contributed by atoms with van der Waals surface area (Å²) in [7, 11) is 0. The van der Waals surface area contributed by atoms with Crippen molar-refractivity contribution in [2.75, 3.05) is 13.2 Å². The first kappa shape index (κ1) is 18.0. The summed E-state index contributed by atoms with van der Waals surface area (Å²) >= 11 is 0. The van der Waals surface area contributed by atoms with Gasteiger partial charge in [0.1, 0.15) is 0 Å². The van der Waals surface area contributed by atoms with Crippen LogP contribution in [-0.4, -0.2) is 23.4 Å². The Bertz CT molecular complexity index is 391. The van der Waals surface area contributed by atoms with Crippen LogP contribution in [-0.2, 0) is 0 Å². The molecule has 2 rings (SSSR count). The second kappa shape index (κ2) is 7.05. The van der Waals surface area contributed by atoms with Crippen LogP contribution < -0.4 is 0 Å². The van der Waals surface area contributed by atoms with Gasteiger partial charge in [-0.1, -0.05) is 45.8 Å². The van der Waals surface area contributed by atoms with Crippen molar-refractivity contribution in [3.8, 4) is 0 Å². The van der Waals surface area contributed by atoms with Crippen molar-refractivity contribution in [1.29, 1.82) is 0 Å². The van der Waals surface area contributed by atoms with Crippen molar-refractivity contribution in [2.45, 2.75) is 72.1 Å². The Kier molecular flexibility index (Phi) is 5.77. The van der Waals surface area contributed by atoms with Gasteiger partial charge in [-0.25, -0.2) is 0 Å². The molecule has 0 saturated heterocycles. The maximum atomic E-state index is 9.99. The number of aliphatic hydroxyl groups is 2. The largest absolute Gasteiger partial charge is 0.396 e. The summed E-state index contributed by atoms with van der Waals surface area (Å²) in [5.74, 6) is 1.82. The average molecular weight is 309 g/mol. The highest BCUT2D eigenvalue weighted by atomic mass is 16.3. The van der Waals surface area contributed by atoms with E-state index in [-0.39, 0.29) is 5.41 Å². The van der Waals surface area contributed by atoms with Crippen LogP contribution in [0.1, 0.15) is 72.1 Å². The standard InChI is InChI=1S/C20H36O2/c1-15(10-13-21)6-8-17-16(2)7-9-18-19(3,14-22)11-5-12-20(17,18)4/h15,17-18,21-22H,2,5-14H2,1,3-4H3/t15-,17-,18-,19-,20+/m1/s1. The third-order valence-corrected chi connectivity index (χ3v) is 7.07. The lowest BCUT2D eigenvalue weighted by atomic mass is 9.46. The first-order valence-corrected chi connectivity index (χ1v) is 9.27. The molecule has 5 atom stereocenters. The predicted molar refractivity (Wildman–Crippen MR) is 92.6 cm³/mol. The van der Waals surface area contributed by atoms with Crippen LogP contribution in [0, 0.1) is 28.6 Å². The van der Waals surface area contributed by atoms with Crippen LogP contribution in [0.4, 0.5) is 0 Å². The lowest BCUT2D eigenvalue weighted by Crippen LogP contribution is -2.51. The van der Waals surface area contributed by atoms with Crippen LogP contribution in [0.3, 0.4) is 0 Å². The van der Waals surface area contributed by atoms with Crippen molar-refractivity contribution in [2.24, 2.45) is 28.6 Å². The molecule has 2 fully saturated rings. The van der Waals surface area contributed by atoms with Crippen LogP contribution in [0.2, 0.25) is 0 Å². The summed E-state index contributed by atoms with van der Waals surface area (Å²) < 4.78 is 0. The van der Waals surface area contributed by atoms with Gasteiger partial charge in [0.25, 0.3) is 0 Å². The highest BCUT2D eigenvalue weighted by molar-refractivity contribution is 5.16. The van der Waals surface area contributed by atoms with E-state index in [1.54, 1.807) is 0 Å². The summed E-state index contributed by atoms with van der Waals surface area (Å²) in [5, 5.41) is 19.1. The van der Waals surface area contributed by atoms with Gasteiger partial charge in [-0.15, -0.1) is 0 Å². The minimum Gasteiger partial charge on any atom is -0.396 e. The monoisotopic (exact) mass is 308 g/mol. The zero-order valence-corrected chi connectivity index (χ0v) is 14.9. The van der Waals surface area contributed by atoms with E-state index in [0.29, 0.717) is 36.4 Å². The molecule has 128 valence electrons. The van der Waals surface area contributed by atoms with Crippen LogP contribution in [0.25, 0.3) is 0 Å². The molecule has 0 amide bonds. The first-order valence-electron chi connectivity index (χ1n) is 9.27. The van der Waals surface area contributed by atoms with Gasteiger partial charge in [-0.2, -0.15) is 0 Å². The Morgan fingerprint density at radius 1 is 1.23 bits per heavy atom. The minimum atomic E-state index is 0.0999. The Hall–Kier alpha value is -0.340. The highest BCUT2D eigenvalue weighted by Gasteiger charge is 2.53. The Labute approximate surface area is 137 Å². The number of hydrogen-bond acceptors (Lipinski definition) is 2. The maximum Gasteiger partial charge on any atom is 0.0487 e. The predicted octanol–water partition coefficient (Wildman–Crippen LogP) is 4.56. The smallest absolute Gasteiger partial charge is 0.0487 e. The fourth-order valence-corrected chi connectivity index (χ4v) is 5.62. The van der Waals surface area contributed by atoms with E-state index >= 15 is 0 Å². The molecule has 0 radical (unpaired) electrons. The van der Waals surface area contributed by atoms with Gasteiger partial charge in [0.05, 0.1) is 0 Å². The highest BCUT2D eigenvalue weighted by Crippen LogP contribution is 2.61. The first-order chi connectivity index (χ1) is 10.4. The zero-order chi connectivity index (χ0) is 16.4. The molecule has 2 heteroatoms. The van der Waals surface area contributed by atoms with Crippen LogP contribution >= 0.6 is 0 Å². The molecule has 0 aromatic carbocycles. The van der Waals surface area contributed by atoms with E-state index in [0.717, 1.165) is 12.8 Å². The van der Waals surface area contributed by atoms with Gasteiger partial charge in [0.2, 0.25) is 0 Å². The van der Waals surface area contributed by atoms with Crippen LogP contribution in [0.5, 0.6) is 0 Å². The fourth-order valence-electron chi connectivity index (χ4n) is 5.62. The quantitative estimate of drug-likeness (QED) is 0.706. The molecule has 0 bridgehead atoms. The molecule has 0 aromatic rings. The third-order valence-electron chi connectivity index (χ3n) is 7.07. The summed E-state index contributed by atoms with van der Waals surface area (Å²) in [6, 6.07) is 0. The van der Waals surface area contributed by atoms with Gasteiger partial charge in [-0.3, -0.25) is 0 Å². The Balaban J connectivity index is 2.15. The lowest BCUT2D eigenvalue weighted by Gasteiger charge is -2.58. The number of hydrogen-bond donors (Lipinski definition) is 2. The van der Waals surface area contributed by atoms with Crippen molar-refractivity contribution >= 4 is 0 Å². The maximum absolute atomic E-state index is 9.99. The second-order valence-electron chi connectivity index (χ2n) is 8.67. The van der Waals surface area contributed by atoms with E-state index in [2.05, 4.69) is 27.4 Å². The molecule has 0 unspecified atom stereocenters. The molecule has 2 aliphatic rings. The van der Waals surface area contributed by atoms with Gasteiger partial charge in [-0.05, 0) is 67.1 Å². The van der Waals surface area contributed by atoms with Crippen molar-refractivity contribution < 1.29 is 10.2 Å². The van der Waals surface area contributed by atoms with E-state index in [1.807, 2.05) is 0 Å². The molecule has 2 nitrogen and oxygen atoms in total.